The fourth-order valence-corrected chi connectivity index (χ4v) is 4.64. The number of alkyl halides is 3. The lowest BCUT2D eigenvalue weighted by Gasteiger charge is -2.34. The van der Waals surface area contributed by atoms with Crippen LogP contribution in [0.2, 0.25) is 0 Å². The number of anilines is 1. The summed E-state index contributed by atoms with van der Waals surface area (Å²) in [5.74, 6) is -0.289. The van der Waals surface area contributed by atoms with Crippen LogP contribution >= 0.6 is 0 Å². The lowest BCUT2D eigenvalue weighted by molar-refractivity contribution is -0.137. The third-order valence-electron chi connectivity index (χ3n) is 5.46. The van der Waals surface area contributed by atoms with Gasteiger partial charge in [0.15, 0.2) is 0 Å². The first-order valence-corrected chi connectivity index (χ1v) is 11.8. The van der Waals surface area contributed by atoms with Gasteiger partial charge < -0.3 is 10.2 Å². The fraction of sp³-hybridized carbons (Fsp3) is 0.409. The van der Waals surface area contributed by atoms with Crippen molar-refractivity contribution in [2.75, 3.05) is 17.8 Å². The molecule has 0 aromatic heterocycles. The zero-order chi connectivity index (χ0) is 23.5. The molecule has 1 aliphatic rings. The first-order valence-electron chi connectivity index (χ1n) is 10.3. The molecule has 3 rings (SSSR count). The number of halogens is 3. The molecule has 0 unspecified atom stereocenters. The van der Waals surface area contributed by atoms with E-state index in [1.54, 1.807) is 0 Å². The second-order valence-electron chi connectivity index (χ2n) is 8.09. The van der Waals surface area contributed by atoms with Gasteiger partial charge in [0.05, 0.1) is 10.5 Å². The van der Waals surface area contributed by atoms with E-state index in [1.807, 2.05) is 0 Å². The molecule has 1 saturated heterocycles. The third-order valence-corrected chi connectivity index (χ3v) is 6.86. The van der Waals surface area contributed by atoms with Crippen molar-refractivity contribution in [3.8, 4) is 0 Å². The molecule has 0 radical (unpaired) electrons. The number of carbonyl (C=O) groups is 1. The lowest BCUT2D eigenvalue weighted by atomic mass is 10.0. The normalized spacial score (nSPS) is 16.2. The smallest absolute Gasteiger partial charge is 0.349 e. The summed E-state index contributed by atoms with van der Waals surface area (Å²) >= 11 is 0. The van der Waals surface area contributed by atoms with Crippen LogP contribution in [0.1, 0.15) is 42.6 Å². The predicted molar refractivity (Wildman–Crippen MR) is 116 cm³/mol. The minimum absolute atomic E-state index is 0.0588. The van der Waals surface area contributed by atoms with Crippen LogP contribution in [0, 0.1) is 0 Å². The van der Waals surface area contributed by atoms with Crippen molar-refractivity contribution in [1.29, 1.82) is 0 Å². The first kappa shape index (κ1) is 24.1. The molecule has 2 aromatic carbocycles. The van der Waals surface area contributed by atoms with Crippen molar-refractivity contribution < 1.29 is 26.4 Å². The Hall–Kier alpha value is -2.59. The Morgan fingerprint density at radius 2 is 1.69 bits per heavy atom. The topological polar surface area (TPSA) is 78.5 Å². The molecule has 1 amide bonds. The summed E-state index contributed by atoms with van der Waals surface area (Å²) in [7, 11) is -4.11. The van der Waals surface area contributed by atoms with Crippen molar-refractivity contribution in [3.63, 3.8) is 0 Å². The van der Waals surface area contributed by atoms with Crippen LogP contribution in [-0.2, 0) is 16.2 Å². The fourth-order valence-electron chi connectivity index (χ4n) is 3.59. The number of piperidine rings is 1. The van der Waals surface area contributed by atoms with Crippen molar-refractivity contribution in [3.05, 3.63) is 59.7 Å². The molecule has 1 heterocycles. The van der Waals surface area contributed by atoms with Gasteiger partial charge >= 0.3 is 6.18 Å². The highest BCUT2D eigenvalue weighted by Gasteiger charge is 2.31. The van der Waals surface area contributed by atoms with Gasteiger partial charge in [0.1, 0.15) is 0 Å². The zero-order valence-corrected chi connectivity index (χ0v) is 18.6. The van der Waals surface area contributed by atoms with Gasteiger partial charge in [-0.25, -0.2) is 8.42 Å². The van der Waals surface area contributed by atoms with Gasteiger partial charge in [-0.05, 0) is 69.2 Å². The molecule has 2 aromatic rings. The SMILES string of the molecule is CC(C)N1CCC(NC(=O)c2ccc(S(=O)(=O)Nc3cccc(C(F)(F)F)c3)cc2)CC1. The minimum atomic E-state index is -4.58. The second kappa shape index (κ2) is 9.50. The van der Waals surface area contributed by atoms with Gasteiger partial charge in [0.25, 0.3) is 15.9 Å². The number of nitrogens with zero attached hydrogens (tertiary/aromatic N) is 1. The van der Waals surface area contributed by atoms with Crippen LogP contribution in [0.4, 0.5) is 18.9 Å². The highest BCUT2D eigenvalue weighted by molar-refractivity contribution is 7.92. The van der Waals surface area contributed by atoms with E-state index < -0.39 is 21.8 Å². The van der Waals surface area contributed by atoms with E-state index in [9.17, 15) is 26.4 Å². The number of rotatable bonds is 6. The number of nitrogens with one attached hydrogen (secondary N) is 2. The largest absolute Gasteiger partial charge is 0.416 e. The maximum atomic E-state index is 12.8. The van der Waals surface area contributed by atoms with Crippen molar-refractivity contribution in [2.45, 2.75) is 49.8 Å². The molecule has 174 valence electrons. The molecule has 2 N–H and O–H groups in total. The average Bonchev–Trinajstić information content (AvgIpc) is 2.73. The number of amides is 1. The summed E-state index contributed by atoms with van der Waals surface area (Å²) in [4.78, 5) is 14.7. The summed E-state index contributed by atoms with van der Waals surface area (Å²) in [6, 6.07) is 9.76. The maximum Gasteiger partial charge on any atom is 0.416 e. The van der Waals surface area contributed by atoms with Crippen LogP contribution in [-0.4, -0.2) is 44.4 Å². The molecule has 0 saturated carbocycles. The van der Waals surface area contributed by atoms with E-state index in [1.165, 1.54) is 30.3 Å². The van der Waals surface area contributed by atoms with E-state index in [0.717, 1.165) is 44.1 Å². The first-order chi connectivity index (χ1) is 15.0. The molecule has 0 aliphatic carbocycles. The van der Waals surface area contributed by atoms with Crippen LogP contribution < -0.4 is 10.0 Å². The second-order valence-corrected chi connectivity index (χ2v) is 9.77. The minimum Gasteiger partial charge on any atom is -0.349 e. The molecule has 32 heavy (non-hydrogen) atoms. The zero-order valence-electron chi connectivity index (χ0n) is 17.8. The van der Waals surface area contributed by atoms with Crippen LogP contribution in [0.5, 0.6) is 0 Å². The Morgan fingerprint density at radius 3 is 2.25 bits per heavy atom. The molecule has 1 aliphatic heterocycles. The summed E-state index contributed by atoms with van der Waals surface area (Å²) in [5.41, 5.74) is -0.840. The van der Waals surface area contributed by atoms with Gasteiger partial charge in [-0.3, -0.25) is 9.52 Å². The van der Waals surface area contributed by atoms with Gasteiger partial charge in [0, 0.05) is 36.4 Å². The van der Waals surface area contributed by atoms with E-state index in [-0.39, 0.29) is 22.5 Å². The summed E-state index contributed by atoms with van der Waals surface area (Å²) in [6.45, 7) is 6.08. The highest BCUT2D eigenvalue weighted by Crippen LogP contribution is 2.31. The maximum absolute atomic E-state index is 12.8. The number of hydrogen-bond acceptors (Lipinski definition) is 4. The summed E-state index contributed by atoms with van der Waals surface area (Å²) in [6.07, 6.45) is -2.89. The van der Waals surface area contributed by atoms with E-state index >= 15 is 0 Å². The monoisotopic (exact) mass is 469 g/mol. The van der Waals surface area contributed by atoms with E-state index in [2.05, 4.69) is 28.8 Å². The molecule has 1 fully saturated rings. The van der Waals surface area contributed by atoms with Gasteiger partial charge in [-0.1, -0.05) is 6.07 Å². The Morgan fingerprint density at radius 1 is 1.06 bits per heavy atom. The van der Waals surface area contributed by atoms with Crippen LogP contribution in [0.15, 0.2) is 53.4 Å². The number of sulfonamides is 1. The Bertz CT molecular complexity index is 1050. The van der Waals surface area contributed by atoms with Crippen molar-refractivity contribution in [2.24, 2.45) is 0 Å². The summed E-state index contributed by atoms with van der Waals surface area (Å²) < 4.78 is 65.8. The molecular formula is C22H26F3N3O3S. The number of hydrogen-bond donors (Lipinski definition) is 2. The highest BCUT2D eigenvalue weighted by atomic mass is 32.2. The third kappa shape index (κ3) is 6.01. The summed E-state index contributed by atoms with van der Waals surface area (Å²) in [5, 5.41) is 2.98. The Labute approximate surface area is 185 Å². The Balaban J connectivity index is 1.64. The van der Waals surface area contributed by atoms with Gasteiger partial charge in [0.2, 0.25) is 0 Å². The number of carbonyl (C=O) groups excluding carboxylic acids is 1. The lowest BCUT2D eigenvalue weighted by Crippen LogP contribution is -2.46. The van der Waals surface area contributed by atoms with Crippen LogP contribution in [0.3, 0.4) is 0 Å². The molecular weight excluding hydrogens is 443 g/mol. The van der Waals surface area contributed by atoms with Crippen LogP contribution in [0.25, 0.3) is 0 Å². The van der Waals surface area contributed by atoms with Gasteiger partial charge in [-0.2, -0.15) is 13.2 Å². The number of likely N-dealkylation sites (tertiary alicyclic amines) is 1. The van der Waals surface area contributed by atoms with Gasteiger partial charge in [-0.15, -0.1) is 0 Å². The van der Waals surface area contributed by atoms with Crippen molar-refractivity contribution >= 4 is 21.6 Å². The van der Waals surface area contributed by atoms with E-state index in [0.29, 0.717) is 11.6 Å². The van der Waals surface area contributed by atoms with Crippen molar-refractivity contribution in [1.82, 2.24) is 10.2 Å². The predicted octanol–water partition coefficient (Wildman–Crippen LogP) is 4.11. The average molecular weight is 470 g/mol. The van der Waals surface area contributed by atoms with E-state index in [4.69, 9.17) is 0 Å². The Kier molecular flexibility index (Phi) is 7.14. The molecule has 6 nitrogen and oxygen atoms in total. The standard InChI is InChI=1S/C22H26F3N3O3S/c1-15(2)28-12-10-18(11-13-28)26-21(29)16-6-8-20(9-7-16)32(30,31)27-19-5-3-4-17(14-19)22(23,24)25/h3-9,14-15,18,27H,10-13H2,1-2H3,(H,26,29). The molecule has 0 atom stereocenters. The molecule has 0 bridgehead atoms. The molecule has 0 spiro atoms. The molecule has 10 heteroatoms. The quantitative estimate of drug-likeness (QED) is 0.668. The number of benzene rings is 2.